The summed E-state index contributed by atoms with van der Waals surface area (Å²) in [5.41, 5.74) is 12.0. The number of nitrogens with zero attached hydrogens (tertiary/aromatic N) is 4. The van der Waals surface area contributed by atoms with E-state index in [0.717, 1.165) is 38.5 Å². The van der Waals surface area contributed by atoms with E-state index >= 15 is 0 Å². The average molecular weight is 489 g/mol. The van der Waals surface area contributed by atoms with Crippen molar-refractivity contribution < 1.29 is 33.8 Å². The SMILES string of the molecule is NCCCCCCCCNc1nc2c(N)ncnc2n1[C@@H]1O[C@H](COP(=O)(O)O)[C@@H](O)[C@H]1O. The van der Waals surface area contributed by atoms with Crippen LogP contribution in [0.2, 0.25) is 0 Å². The van der Waals surface area contributed by atoms with E-state index in [9.17, 15) is 14.8 Å². The molecule has 3 rings (SSSR count). The van der Waals surface area contributed by atoms with Crippen molar-refractivity contribution in [3.63, 3.8) is 0 Å². The Bertz CT molecular complexity index is 956. The molecule has 1 aliphatic rings. The number of anilines is 2. The van der Waals surface area contributed by atoms with Crippen LogP contribution in [0.5, 0.6) is 0 Å². The second kappa shape index (κ2) is 11.5. The molecule has 0 spiro atoms. The lowest BCUT2D eigenvalue weighted by Gasteiger charge is -2.19. The van der Waals surface area contributed by atoms with Crippen LogP contribution in [0.15, 0.2) is 6.33 Å². The maximum Gasteiger partial charge on any atom is 0.469 e. The predicted octanol–water partition coefficient (Wildman–Crippen LogP) is -0.152. The van der Waals surface area contributed by atoms with E-state index in [1.165, 1.54) is 10.9 Å². The highest BCUT2D eigenvalue weighted by atomic mass is 31.2. The summed E-state index contributed by atoms with van der Waals surface area (Å²) in [7, 11) is -4.78. The Hall–Kier alpha value is -1.90. The molecule has 1 saturated heterocycles. The number of unbranched alkanes of at least 4 members (excludes halogenated alkanes) is 5. The zero-order valence-corrected chi connectivity index (χ0v) is 19.0. The van der Waals surface area contributed by atoms with Gasteiger partial charge in [-0.2, -0.15) is 0 Å². The molecule has 0 saturated carbocycles. The number of rotatable bonds is 13. The summed E-state index contributed by atoms with van der Waals surface area (Å²) < 4.78 is 22.6. The molecule has 14 nitrogen and oxygen atoms in total. The van der Waals surface area contributed by atoms with Gasteiger partial charge in [0, 0.05) is 6.54 Å². The second-order valence-electron chi connectivity index (χ2n) is 7.91. The van der Waals surface area contributed by atoms with Crippen LogP contribution in [0, 0.1) is 0 Å². The molecule has 0 bridgehead atoms. The number of ether oxygens (including phenoxy) is 1. The van der Waals surface area contributed by atoms with Crippen LogP contribution in [-0.2, 0) is 13.8 Å². The van der Waals surface area contributed by atoms with E-state index < -0.39 is 39.0 Å². The monoisotopic (exact) mass is 489 g/mol. The van der Waals surface area contributed by atoms with Crippen LogP contribution in [0.1, 0.15) is 44.8 Å². The Morgan fingerprint density at radius 1 is 1.12 bits per heavy atom. The molecule has 0 aliphatic carbocycles. The maximum atomic E-state index is 11.0. The van der Waals surface area contributed by atoms with Gasteiger partial charge >= 0.3 is 7.82 Å². The molecule has 3 heterocycles. The Balaban J connectivity index is 1.73. The minimum Gasteiger partial charge on any atom is -0.387 e. The third-order valence-corrected chi connectivity index (χ3v) is 5.90. The summed E-state index contributed by atoms with van der Waals surface area (Å²) in [5, 5.41) is 24.2. The number of aromatic nitrogens is 4. The second-order valence-corrected chi connectivity index (χ2v) is 9.15. The Morgan fingerprint density at radius 2 is 1.82 bits per heavy atom. The molecule has 4 atom stereocenters. The molecular formula is C18H32N7O7P. The van der Waals surface area contributed by atoms with Crippen LogP contribution < -0.4 is 16.8 Å². The molecule has 15 heteroatoms. The highest BCUT2D eigenvalue weighted by Crippen LogP contribution is 2.39. The van der Waals surface area contributed by atoms with Gasteiger partial charge in [0.15, 0.2) is 23.2 Å². The number of phosphoric ester groups is 1. The summed E-state index contributed by atoms with van der Waals surface area (Å²) >= 11 is 0. The fourth-order valence-corrected chi connectivity index (χ4v) is 4.06. The molecule has 9 N–H and O–H groups in total. The fourth-order valence-electron chi connectivity index (χ4n) is 3.72. The molecule has 1 fully saturated rings. The number of aliphatic hydroxyl groups is 2. The van der Waals surface area contributed by atoms with Gasteiger partial charge in [-0.25, -0.2) is 19.5 Å². The zero-order chi connectivity index (χ0) is 24.0. The van der Waals surface area contributed by atoms with Gasteiger partial charge in [-0.15, -0.1) is 0 Å². The van der Waals surface area contributed by atoms with Crippen molar-refractivity contribution >= 4 is 30.8 Å². The van der Waals surface area contributed by atoms with E-state index in [1.807, 2.05) is 0 Å². The van der Waals surface area contributed by atoms with Gasteiger partial charge in [-0.3, -0.25) is 9.09 Å². The molecular weight excluding hydrogens is 457 g/mol. The van der Waals surface area contributed by atoms with Crippen molar-refractivity contribution in [2.24, 2.45) is 5.73 Å². The molecule has 0 radical (unpaired) electrons. The smallest absolute Gasteiger partial charge is 0.387 e. The summed E-state index contributed by atoms with van der Waals surface area (Å²) in [6, 6.07) is 0. The number of imidazole rings is 1. The third-order valence-electron chi connectivity index (χ3n) is 5.42. The Labute approximate surface area is 190 Å². The van der Waals surface area contributed by atoms with Crippen LogP contribution >= 0.6 is 7.82 Å². The molecule has 2 aromatic heterocycles. The number of phosphoric acid groups is 1. The highest BCUT2D eigenvalue weighted by molar-refractivity contribution is 7.46. The number of hydrogen-bond donors (Lipinski definition) is 7. The van der Waals surface area contributed by atoms with Crippen LogP contribution in [-0.4, -0.2) is 77.5 Å². The Morgan fingerprint density at radius 3 is 2.52 bits per heavy atom. The van der Waals surface area contributed by atoms with Crippen molar-refractivity contribution in [2.45, 2.75) is 63.1 Å². The van der Waals surface area contributed by atoms with Crippen LogP contribution in [0.3, 0.4) is 0 Å². The number of nitrogens with one attached hydrogen (secondary N) is 1. The van der Waals surface area contributed by atoms with Crippen LogP contribution in [0.4, 0.5) is 11.8 Å². The van der Waals surface area contributed by atoms with Crippen molar-refractivity contribution in [1.29, 1.82) is 0 Å². The van der Waals surface area contributed by atoms with E-state index in [2.05, 4.69) is 24.8 Å². The predicted molar refractivity (Wildman–Crippen MR) is 119 cm³/mol. The first kappa shape index (κ1) is 25.7. The molecule has 33 heavy (non-hydrogen) atoms. The standard InChI is InChI=1S/C18H32N7O7P/c19-7-5-3-1-2-4-6-8-21-18-24-12-15(20)22-10-23-16(12)25(18)17-14(27)13(26)11(32-17)9-31-33(28,29)30/h10-11,13-14,17,26-27H,1-9,19H2,(H,21,24)(H2,20,22,23)(H2,28,29,30)/t11-,13-,14-,17-/m1/s1. The molecule has 1 aliphatic heterocycles. The number of fused-ring (bicyclic) bond motifs is 1. The first-order chi connectivity index (χ1) is 15.7. The summed E-state index contributed by atoms with van der Waals surface area (Å²) in [6.07, 6.45) is 2.27. The van der Waals surface area contributed by atoms with Crippen molar-refractivity contribution in [3.8, 4) is 0 Å². The number of nitrogen functional groups attached to an aromatic ring is 1. The fraction of sp³-hybridized carbons (Fsp3) is 0.722. The summed E-state index contributed by atoms with van der Waals surface area (Å²) in [4.78, 5) is 30.4. The number of hydrogen-bond acceptors (Lipinski definition) is 11. The van der Waals surface area contributed by atoms with Crippen molar-refractivity contribution in [1.82, 2.24) is 19.5 Å². The largest absolute Gasteiger partial charge is 0.469 e. The Kier molecular flexibility index (Phi) is 8.95. The molecule has 2 aromatic rings. The first-order valence-corrected chi connectivity index (χ1v) is 12.4. The van der Waals surface area contributed by atoms with Gasteiger partial charge in [0.05, 0.1) is 6.61 Å². The minimum atomic E-state index is -4.78. The number of nitrogens with two attached hydrogens (primary N) is 2. The van der Waals surface area contributed by atoms with Gasteiger partial charge in [0.2, 0.25) is 5.95 Å². The average Bonchev–Trinajstić information content (AvgIpc) is 3.26. The van der Waals surface area contributed by atoms with E-state index in [4.69, 9.17) is 26.0 Å². The van der Waals surface area contributed by atoms with Gasteiger partial charge in [-0.05, 0) is 19.4 Å². The van der Waals surface area contributed by atoms with E-state index in [1.54, 1.807) is 0 Å². The number of aliphatic hydroxyl groups excluding tert-OH is 2. The molecule has 0 amide bonds. The summed E-state index contributed by atoms with van der Waals surface area (Å²) in [6.45, 7) is 0.680. The van der Waals surface area contributed by atoms with Crippen LogP contribution in [0.25, 0.3) is 11.2 Å². The molecule has 0 unspecified atom stereocenters. The highest BCUT2D eigenvalue weighted by Gasteiger charge is 2.46. The zero-order valence-electron chi connectivity index (χ0n) is 18.2. The lowest BCUT2D eigenvalue weighted by Crippen LogP contribution is -2.33. The van der Waals surface area contributed by atoms with Gasteiger partial charge in [-0.1, -0.05) is 25.7 Å². The van der Waals surface area contributed by atoms with Gasteiger partial charge in [0.25, 0.3) is 0 Å². The van der Waals surface area contributed by atoms with E-state index in [-0.39, 0.29) is 11.5 Å². The maximum absolute atomic E-state index is 11.0. The molecule has 0 aromatic carbocycles. The minimum absolute atomic E-state index is 0.135. The quantitative estimate of drug-likeness (QED) is 0.144. The third kappa shape index (κ3) is 6.58. The van der Waals surface area contributed by atoms with Crippen molar-refractivity contribution in [2.75, 3.05) is 30.7 Å². The lowest BCUT2D eigenvalue weighted by atomic mass is 10.1. The first-order valence-electron chi connectivity index (χ1n) is 10.9. The summed E-state index contributed by atoms with van der Waals surface area (Å²) in [5.74, 6) is 0.448. The van der Waals surface area contributed by atoms with Gasteiger partial charge < -0.3 is 41.5 Å². The van der Waals surface area contributed by atoms with Crippen molar-refractivity contribution in [3.05, 3.63) is 6.33 Å². The lowest BCUT2D eigenvalue weighted by molar-refractivity contribution is -0.0494. The van der Waals surface area contributed by atoms with E-state index in [0.29, 0.717) is 24.6 Å². The van der Waals surface area contributed by atoms with Gasteiger partial charge in [0.1, 0.15) is 24.6 Å². The molecule has 186 valence electrons. The normalized spacial score (nSPS) is 23.4. The topological polar surface area (TPSA) is 224 Å².